The molecule has 3 aromatic heterocycles. The molecule has 2 N–H and O–H groups in total. The van der Waals surface area contributed by atoms with Crippen molar-refractivity contribution in [2.45, 2.75) is 13.0 Å². The Labute approximate surface area is 181 Å². The van der Waals surface area contributed by atoms with Crippen molar-refractivity contribution in [3.8, 4) is 11.6 Å². The highest BCUT2D eigenvalue weighted by Crippen LogP contribution is 2.23. The molecule has 10 heteroatoms. The third kappa shape index (κ3) is 5.55. The van der Waals surface area contributed by atoms with Gasteiger partial charge in [0.2, 0.25) is 5.82 Å². The van der Waals surface area contributed by atoms with E-state index in [0.29, 0.717) is 24.6 Å². The summed E-state index contributed by atoms with van der Waals surface area (Å²) in [6.45, 7) is 1.51. The third-order valence-electron chi connectivity index (χ3n) is 3.51. The number of hydrogen-bond donors (Lipinski definition) is 2. The van der Waals surface area contributed by atoms with Gasteiger partial charge in [0.05, 0.1) is 16.6 Å². The summed E-state index contributed by atoms with van der Waals surface area (Å²) in [6, 6.07) is 7.83. The lowest BCUT2D eigenvalue weighted by Crippen LogP contribution is -2.39. The van der Waals surface area contributed by atoms with E-state index in [4.69, 9.17) is 4.42 Å². The van der Waals surface area contributed by atoms with E-state index in [1.807, 2.05) is 19.2 Å². The number of nitrogens with zero attached hydrogens (tertiary/aromatic N) is 4. The highest BCUT2D eigenvalue weighted by atomic mass is 127. The summed E-state index contributed by atoms with van der Waals surface area (Å²) in [4.78, 5) is 12.1. The lowest BCUT2D eigenvalue weighted by atomic mass is 10.4. The quantitative estimate of drug-likeness (QED) is 0.277. The summed E-state index contributed by atoms with van der Waals surface area (Å²) in [5.41, 5.74) is 0. The van der Waals surface area contributed by atoms with Gasteiger partial charge in [-0.1, -0.05) is 0 Å². The molecule has 0 aliphatic heterocycles. The van der Waals surface area contributed by atoms with Crippen molar-refractivity contribution in [3.63, 3.8) is 0 Å². The molecule has 0 spiro atoms. The van der Waals surface area contributed by atoms with E-state index in [2.05, 4.69) is 58.5 Å². The summed E-state index contributed by atoms with van der Waals surface area (Å²) < 4.78 is 6.43. The Morgan fingerprint density at radius 3 is 2.92 bits per heavy atom. The second kappa shape index (κ2) is 10.1. The summed E-state index contributed by atoms with van der Waals surface area (Å²) >= 11 is 5.22. The van der Waals surface area contributed by atoms with Gasteiger partial charge < -0.3 is 14.6 Å². The van der Waals surface area contributed by atoms with Crippen molar-refractivity contribution < 1.29 is 4.42 Å². The van der Waals surface area contributed by atoms with Gasteiger partial charge in [0.25, 0.3) is 0 Å². The van der Waals surface area contributed by atoms with Gasteiger partial charge in [-0.15, -0.1) is 35.3 Å². The number of rotatable bonds is 6. The molecule has 0 bridgehead atoms. The van der Waals surface area contributed by atoms with E-state index in [1.165, 1.54) is 4.88 Å². The zero-order valence-electron chi connectivity index (χ0n) is 14.4. The fraction of sp³-hybridized carbons (Fsp3) is 0.312. The Balaban J connectivity index is 0.00000243. The number of thiophene rings is 1. The summed E-state index contributed by atoms with van der Waals surface area (Å²) in [7, 11) is 3.80. The molecule has 140 valence electrons. The van der Waals surface area contributed by atoms with E-state index >= 15 is 0 Å². The maximum Gasteiger partial charge on any atom is 0.216 e. The lowest BCUT2D eigenvalue weighted by molar-refractivity contribution is 0.481. The molecule has 0 aromatic carbocycles. The monoisotopic (exact) mass is 550 g/mol. The number of nitrogens with one attached hydrogen (secondary N) is 2. The Bertz CT molecular complexity index is 832. The normalized spacial score (nSPS) is 11.3. The molecule has 3 rings (SSSR count). The average Bonchev–Trinajstić information content (AvgIpc) is 3.33. The van der Waals surface area contributed by atoms with E-state index in [0.717, 1.165) is 22.1 Å². The van der Waals surface area contributed by atoms with Crippen LogP contribution >= 0.6 is 51.2 Å². The van der Waals surface area contributed by atoms with Crippen molar-refractivity contribution in [2.24, 2.45) is 4.99 Å². The van der Waals surface area contributed by atoms with Crippen LogP contribution in [0.5, 0.6) is 0 Å². The molecule has 0 aliphatic rings. The molecule has 7 nitrogen and oxygen atoms in total. The summed E-state index contributed by atoms with van der Waals surface area (Å²) in [5.74, 6) is 2.88. The SMILES string of the molecule is CN=C(NCCc1nc(-c2ccco2)n[nH]1)N(C)Cc1ccc(Br)s1.I. The highest BCUT2D eigenvalue weighted by molar-refractivity contribution is 14.0. The third-order valence-corrected chi connectivity index (χ3v) is 5.12. The first-order valence-corrected chi connectivity index (χ1v) is 9.38. The smallest absolute Gasteiger partial charge is 0.216 e. The maximum atomic E-state index is 5.29. The van der Waals surface area contributed by atoms with Gasteiger partial charge in [-0.05, 0) is 40.2 Å². The van der Waals surface area contributed by atoms with Crippen molar-refractivity contribution in [3.05, 3.63) is 45.0 Å². The molecule has 0 atom stereocenters. The summed E-state index contributed by atoms with van der Waals surface area (Å²) in [5, 5.41) is 10.5. The molecule has 26 heavy (non-hydrogen) atoms. The average molecular weight is 551 g/mol. The number of aromatic amines is 1. The number of aromatic nitrogens is 3. The Morgan fingerprint density at radius 2 is 2.27 bits per heavy atom. The van der Waals surface area contributed by atoms with Gasteiger partial charge >= 0.3 is 0 Å². The Hall–Kier alpha value is -1.40. The number of guanidine groups is 1. The summed E-state index contributed by atoms with van der Waals surface area (Å²) in [6.07, 6.45) is 2.32. The van der Waals surface area contributed by atoms with E-state index in [9.17, 15) is 0 Å². The second-order valence-electron chi connectivity index (χ2n) is 5.37. The maximum absolute atomic E-state index is 5.29. The minimum Gasteiger partial charge on any atom is -0.461 e. The molecule has 0 saturated heterocycles. The van der Waals surface area contributed by atoms with E-state index in [1.54, 1.807) is 24.6 Å². The molecule has 0 saturated carbocycles. The van der Waals surface area contributed by atoms with Crippen LogP contribution in [0.15, 0.2) is 43.7 Å². The van der Waals surface area contributed by atoms with Crippen LogP contribution in [-0.2, 0) is 13.0 Å². The fourth-order valence-corrected chi connectivity index (χ4v) is 3.88. The lowest BCUT2D eigenvalue weighted by Gasteiger charge is -2.21. The molecule has 3 heterocycles. The molecule has 3 aromatic rings. The van der Waals surface area contributed by atoms with Crippen LogP contribution in [0, 0.1) is 0 Å². The van der Waals surface area contributed by atoms with Crippen LogP contribution in [0.2, 0.25) is 0 Å². The van der Waals surface area contributed by atoms with Gasteiger partial charge in [0.1, 0.15) is 5.82 Å². The molecule has 0 radical (unpaired) electrons. The predicted octanol–water partition coefficient (Wildman–Crippen LogP) is 3.76. The number of aliphatic imine (C=N–C) groups is 1. The molecule has 0 fully saturated rings. The first-order valence-electron chi connectivity index (χ1n) is 7.77. The van der Waals surface area contributed by atoms with E-state index < -0.39 is 0 Å². The molecule has 0 unspecified atom stereocenters. The van der Waals surface area contributed by atoms with Crippen LogP contribution < -0.4 is 5.32 Å². The van der Waals surface area contributed by atoms with Gasteiger partial charge in [-0.25, -0.2) is 4.98 Å². The zero-order valence-corrected chi connectivity index (χ0v) is 19.1. The van der Waals surface area contributed by atoms with Crippen LogP contribution in [0.3, 0.4) is 0 Å². The Morgan fingerprint density at radius 1 is 1.42 bits per heavy atom. The van der Waals surface area contributed by atoms with Crippen molar-refractivity contribution in [2.75, 3.05) is 20.6 Å². The van der Waals surface area contributed by atoms with Crippen LogP contribution in [0.1, 0.15) is 10.7 Å². The van der Waals surface area contributed by atoms with Crippen LogP contribution in [0.25, 0.3) is 11.6 Å². The highest BCUT2D eigenvalue weighted by Gasteiger charge is 2.10. The fourth-order valence-electron chi connectivity index (χ4n) is 2.35. The largest absolute Gasteiger partial charge is 0.461 e. The number of H-pyrrole nitrogens is 1. The predicted molar refractivity (Wildman–Crippen MR) is 118 cm³/mol. The first kappa shape index (κ1) is 20.9. The van der Waals surface area contributed by atoms with Gasteiger partial charge in [0, 0.05) is 31.9 Å². The standard InChI is InChI=1S/C16H19BrN6OS.HI/c1-18-16(23(2)10-11-5-6-13(17)25-11)19-8-7-14-20-15(22-21-14)12-4-3-9-24-12;/h3-6,9H,7-8,10H2,1-2H3,(H,18,19)(H,20,21,22);1H. The number of furan rings is 1. The van der Waals surface area contributed by atoms with Crippen LogP contribution in [-0.4, -0.2) is 46.7 Å². The molecular weight excluding hydrogens is 531 g/mol. The second-order valence-corrected chi connectivity index (χ2v) is 7.92. The number of hydrogen-bond acceptors (Lipinski definition) is 5. The van der Waals surface area contributed by atoms with Crippen molar-refractivity contribution in [1.29, 1.82) is 0 Å². The van der Waals surface area contributed by atoms with Crippen LogP contribution in [0.4, 0.5) is 0 Å². The zero-order chi connectivity index (χ0) is 17.6. The molecule has 0 amide bonds. The first-order chi connectivity index (χ1) is 12.2. The Kier molecular flexibility index (Phi) is 8.10. The van der Waals surface area contributed by atoms with Crippen molar-refractivity contribution in [1.82, 2.24) is 25.4 Å². The molecular formula is C16H20BrIN6OS. The minimum absolute atomic E-state index is 0. The van der Waals surface area contributed by atoms with Crippen molar-refractivity contribution >= 4 is 57.2 Å². The topological polar surface area (TPSA) is 82.3 Å². The van der Waals surface area contributed by atoms with Gasteiger partial charge in [-0.2, -0.15) is 5.10 Å². The minimum atomic E-state index is 0. The van der Waals surface area contributed by atoms with Gasteiger partial charge in [0.15, 0.2) is 11.7 Å². The molecule has 0 aliphatic carbocycles. The number of halogens is 2. The van der Waals surface area contributed by atoms with Gasteiger partial charge in [-0.3, -0.25) is 10.1 Å². The van der Waals surface area contributed by atoms with E-state index in [-0.39, 0.29) is 24.0 Å².